The van der Waals surface area contributed by atoms with E-state index in [0.29, 0.717) is 31.9 Å². The number of benzene rings is 1. The third kappa shape index (κ3) is 3.39. The van der Waals surface area contributed by atoms with Gasteiger partial charge in [0.1, 0.15) is 5.82 Å². The van der Waals surface area contributed by atoms with Crippen molar-refractivity contribution in [3.8, 4) is 0 Å². The van der Waals surface area contributed by atoms with Crippen molar-refractivity contribution in [1.82, 2.24) is 9.80 Å². The number of hydrogen-bond donors (Lipinski definition) is 1. The highest BCUT2D eigenvalue weighted by Gasteiger charge is 2.22. The molecule has 0 saturated carbocycles. The van der Waals surface area contributed by atoms with Crippen LogP contribution in [0.2, 0.25) is 5.02 Å². The van der Waals surface area contributed by atoms with E-state index in [1.165, 1.54) is 25.1 Å². The molecule has 0 radical (unpaired) electrons. The van der Waals surface area contributed by atoms with E-state index in [9.17, 15) is 14.0 Å². The number of halogens is 2. The fourth-order valence-corrected chi connectivity index (χ4v) is 2.18. The molecule has 1 fully saturated rings. The van der Waals surface area contributed by atoms with Gasteiger partial charge < -0.3 is 15.1 Å². The number of nitrogens with zero attached hydrogens (tertiary/aromatic N) is 2. The second-order valence-corrected chi connectivity index (χ2v) is 4.96. The molecule has 1 aromatic carbocycles. The van der Waals surface area contributed by atoms with E-state index in [4.69, 9.17) is 11.6 Å². The molecule has 0 aliphatic carbocycles. The summed E-state index contributed by atoms with van der Waals surface area (Å²) in [6.45, 7) is 3.50. The largest absolute Gasteiger partial charge is 0.339 e. The molecule has 5 nitrogen and oxygen atoms in total. The Bertz CT molecular complexity index is 530. The van der Waals surface area contributed by atoms with Crippen molar-refractivity contribution in [3.63, 3.8) is 0 Å². The van der Waals surface area contributed by atoms with Crippen molar-refractivity contribution >= 4 is 29.2 Å². The molecule has 0 spiro atoms. The Kier molecular flexibility index (Phi) is 4.44. The van der Waals surface area contributed by atoms with Crippen molar-refractivity contribution in [2.24, 2.45) is 0 Å². The number of carbonyl (C=O) groups is 2. The van der Waals surface area contributed by atoms with Crippen LogP contribution in [0.4, 0.5) is 14.9 Å². The summed E-state index contributed by atoms with van der Waals surface area (Å²) in [5.41, 5.74) is 0.440. The smallest absolute Gasteiger partial charge is 0.321 e. The van der Waals surface area contributed by atoms with E-state index >= 15 is 0 Å². The second-order valence-electron chi connectivity index (χ2n) is 4.55. The van der Waals surface area contributed by atoms with E-state index in [1.807, 2.05) is 0 Å². The number of amides is 3. The van der Waals surface area contributed by atoms with Crippen molar-refractivity contribution in [2.45, 2.75) is 6.92 Å². The van der Waals surface area contributed by atoms with Gasteiger partial charge in [-0.05, 0) is 18.2 Å². The van der Waals surface area contributed by atoms with Crippen LogP contribution >= 0.6 is 11.6 Å². The fraction of sp³-hybridized carbons (Fsp3) is 0.385. The zero-order valence-corrected chi connectivity index (χ0v) is 11.8. The van der Waals surface area contributed by atoms with Crippen LogP contribution in [0, 0.1) is 5.82 Å². The minimum atomic E-state index is -0.528. The van der Waals surface area contributed by atoms with Crippen LogP contribution in [0.3, 0.4) is 0 Å². The van der Waals surface area contributed by atoms with Crippen molar-refractivity contribution in [3.05, 3.63) is 29.0 Å². The Morgan fingerprint density at radius 1 is 1.20 bits per heavy atom. The van der Waals surface area contributed by atoms with Crippen LogP contribution in [0.5, 0.6) is 0 Å². The molecule has 1 N–H and O–H groups in total. The SMILES string of the molecule is CC(=O)N1CCN(C(=O)Nc2ccc(F)c(Cl)c2)CC1. The summed E-state index contributed by atoms with van der Waals surface area (Å²) in [5.74, 6) is -0.518. The summed E-state index contributed by atoms with van der Waals surface area (Å²) in [6, 6.07) is 3.73. The van der Waals surface area contributed by atoms with E-state index in [2.05, 4.69) is 5.32 Å². The first-order chi connectivity index (χ1) is 9.47. The van der Waals surface area contributed by atoms with Crippen molar-refractivity contribution in [1.29, 1.82) is 0 Å². The maximum absolute atomic E-state index is 13.0. The number of nitrogens with one attached hydrogen (secondary N) is 1. The predicted octanol–water partition coefficient (Wildman–Crippen LogP) is 2.18. The maximum atomic E-state index is 13.0. The van der Waals surface area contributed by atoms with Crippen LogP contribution in [0.15, 0.2) is 18.2 Å². The lowest BCUT2D eigenvalue weighted by molar-refractivity contribution is -0.130. The van der Waals surface area contributed by atoms with Gasteiger partial charge in [0.25, 0.3) is 0 Å². The highest BCUT2D eigenvalue weighted by Crippen LogP contribution is 2.19. The van der Waals surface area contributed by atoms with Gasteiger partial charge in [-0.2, -0.15) is 0 Å². The third-order valence-electron chi connectivity index (χ3n) is 3.18. The van der Waals surface area contributed by atoms with Gasteiger partial charge in [0, 0.05) is 38.8 Å². The molecule has 3 amide bonds. The molecule has 2 rings (SSSR count). The van der Waals surface area contributed by atoms with Crippen molar-refractivity contribution in [2.75, 3.05) is 31.5 Å². The van der Waals surface area contributed by atoms with E-state index in [0.717, 1.165) is 0 Å². The average molecular weight is 300 g/mol. The lowest BCUT2D eigenvalue weighted by Crippen LogP contribution is -2.51. The highest BCUT2D eigenvalue weighted by atomic mass is 35.5. The predicted molar refractivity (Wildman–Crippen MR) is 74.3 cm³/mol. The molecule has 1 aliphatic heterocycles. The van der Waals surface area contributed by atoms with Gasteiger partial charge in [-0.3, -0.25) is 4.79 Å². The Morgan fingerprint density at radius 3 is 2.35 bits per heavy atom. The molecular weight excluding hydrogens is 285 g/mol. The summed E-state index contributed by atoms with van der Waals surface area (Å²) in [5, 5.41) is 2.62. The topological polar surface area (TPSA) is 52.7 Å². The standard InChI is InChI=1S/C13H15ClFN3O2/c1-9(19)17-4-6-18(7-5-17)13(20)16-10-2-3-12(15)11(14)8-10/h2-3,8H,4-7H2,1H3,(H,16,20). The lowest BCUT2D eigenvalue weighted by atomic mass is 10.3. The number of rotatable bonds is 1. The van der Waals surface area contributed by atoms with Gasteiger partial charge in [0.05, 0.1) is 5.02 Å². The highest BCUT2D eigenvalue weighted by molar-refractivity contribution is 6.31. The maximum Gasteiger partial charge on any atom is 0.321 e. The molecule has 0 atom stereocenters. The Balaban J connectivity index is 1.92. The quantitative estimate of drug-likeness (QED) is 0.864. The lowest BCUT2D eigenvalue weighted by Gasteiger charge is -2.34. The average Bonchev–Trinajstić information content (AvgIpc) is 2.43. The van der Waals surface area contributed by atoms with Crippen LogP contribution in [0.1, 0.15) is 6.92 Å². The monoisotopic (exact) mass is 299 g/mol. The summed E-state index contributed by atoms with van der Waals surface area (Å²) in [7, 11) is 0. The van der Waals surface area contributed by atoms with Gasteiger partial charge in [0.2, 0.25) is 5.91 Å². The third-order valence-corrected chi connectivity index (χ3v) is 3.47. The Labute approximate surface area is 121 Å². The molecule has 0 bridgehead atoms. The summed E-state index contributed by atoms with van der Waals surface area (Å²) >= 11 is 5.65. The molecule has 1 heterocycles. The van der Waals surface area contributed by atoms with Crippen LogP contribution < -0.4 is 5.32 Å². The molecular formula is C13H15ClFN3O2. The number of urea groups is 1. The molecule has 0 unspecified atom stereocenters. The van der Waals surface area contributed by atoms with E-state index in [-0.39, 0.29) is 17.0 Å². The summed E-state index contributed by atoms with van der Waals surface area (Å²) < 4.78 is 13.0. The van der Waals surface area contributed by atoms with E-state index in [1.54, 1.807) is 9.80 Å². The molecule has 1 saturated heterocycles. The molecule has 7 heteroatoms. The molecule has 1 aromatic rings. The van der Waals surface area contributed by atoms with Crippen molar-refractivity contribution < 1.29 is 14.0 Å². The number of piperazine rings is 1. The fourth-order valence-electron chi connectivity index (χ4n) is 2.00. The van der Waals surface area contributed by atoms with Crippen LogP contribution in [0.25, 0.3) is 0 Å². The molecule has 20 heavy (non-hydrogen) atoms. The summed E-state index contributed by atoms with van der Waals surface area (Å²) in [6.07, 6.45) is 0. The number of anilines is 1. The number of carbonyl (C=O) groups excluding carboxylic acids is 2. The van der Waals surface area contributed by atoms with Crippen LogP contribution in [-0.2, 0) is 4.79 Å². The Hall–Kier alpha value is -1.82. The number of hydrogen-bond acceptors (Lipinski definition) is 2. The normalized spacial score (nSPS) is 15.2. The zero-order chi connectivity index (χ0) is 14.7. The molecule has 1 aliphatic rings. The first-order valence-corrected chi connectivity index (χ1v) is 6.61. The first kappa shape index (κ1) is 14.6. The van der Waals surface area contributed by atoms with E-state index < -0.39 is 5.82 Å². The van der Waals surface area contributed by atoms with Gasteiger partial charge >= 0.3 is 6.03 Å². The van der Waals surface area contributed by atoms with Gasteiger partial charge in [-0.15, -0.1) is 0 Å². The second kappa shape index (κ2) is 6.09. The zero-order valence-electron chi connectivity index (χ0n) is 11.0. The summed E-state index contributed by atoms with van der Waals surface area (Å²) in [4.78, 5) is 26.5. The molecule has 0 aromatic heterocycles. The van der Waals surface area contributed by atoms with Crippen LogP contribution in [-0.4, -0.2) is 47.9 Å². The van der Waals surface area contributed by atoms with Gasteiger partial charge in [-0.25, -0.2) is 9.18 Å². The molecule has 108 valence electrons. The minimum absolute atomic E-state index is 0.00961. The first-order valence-electron chi connectivity index (χ1n) is 6.24. The van der Waals surface area contributed by atoms with Gasteiger partial charge in [0.15, 0.2) is 0 Å². The minimum Gasteiger partial charge on any atom is -0.339 e. The Morgan fingerprint density at radius 2 is 1.80 bits per heavy atom. The van der Waals surface area contributed by atoms with Gasteiger partial charge in [-0.1, -0.05) is 11.6 Å².